The van der Waals surface area contributed by atoms with E-state index in [4.69, 9.17) is 16.9 Å². The summed E-state index contributed by atoms with van der Waals surface area (Å²) in [5.74, 6) is -0.813. The largest absolute Gasteiger partial charge is 0.324 e. The zero-order chi connectivity index (χ0) is 24.0. The minimum Gasteiger partial charge on any atom is -0.324 e. The number of aromatic nitrogens is 2. The molecule has 10 heteroatoms. The molecule has 0 saturated heterocycles. The Labute approximate surface area is 193 Å². The number of carbonyl (C=O) groups excluding carboxylic acids is 2. The molecule has 2 amide bonds. The molecule has 2 heterocycles. The molecule has 3 aromatic rings. The van der Waals surface area contributed by atoms with E-state index >= 15 is 0 Å². The third-order valence-corrected chi connectivity index (χ3v) is 4.89. The number of nitrogens with one attached hydrogen (secondary N) is 1. The Hall–Kier alpha value is -3.90. The van der Waals surface area contributed by atoms with E-state index in [0.717, 1.165) is 4.90 Å². The molecule has 0 atom stereocenters. The van der Waals surface area contributed by atoms with Crippen LogP contribution < -0.4 is 10.2 Å². The van der Waals surface area contributed by atoms with Crippen LogP contribution in [0.5, 0.6) is 0 Å². The summed E-state index contributed by atoms with van der Waals surface area (Å²) in [6.07, 6.45) is 0.344. The highest BCUT2D eigenvalue weighted by molar-refractivity contribution is 6.34. The van der Waals surface area contributed by atoms with Crippen molar-refractivity contribution in [2.45, 2.75) is 19.8 Å². The lowest BCUT2D eigenvalue weighted by molar-refractivity contribution is -0.117. The van der Waals surface area contributed by atoms with E-state index in [-0.39, 0.29) is 28.7 Å². The normalized spacial score (nSPS) is 10.5. The highest BCUT2D eigenvalue weighted by atomic mass is 35.5. The maximum atomic E-state index is 12.8. The van der Waals surface area contributed by atoms with E-state index in [0.29, 0.717) is 22.5 Å². The molecule has 0 radical (unpaired) electrons. The number of anilines is 2. The van der Waals surface area contributed by atoms with Gasteiger partial charge in [0.25, 0.3) is 6.43 Å². The van der Waals surface area contributed by atoms with Crippen molar-refractivity contribution >= 4 is 34.8 Å². The monoisotopic (exact) mass is 469 g/mol. The third-order valence-electron chi connectivity index (χ3n) is 4.59. The van der Waals surface area contributed by atoms with Crippen molar-refractivity contribution in [1.29, 1.82) is 5.26 Å². The van der Waals surface area contributed by atoms with Crippen LogP contribution >= 0.6 is 11.6 Å². The van der Waals surface area contributed by atoms with Gasteiger partial charge in [-0.1, -0.05) is 23.7 Å². The average molecular weight is 470 g/mol. The van der Waals surface area contributed by atoms with Gasteiger partial charge in [0.15, 0.2) is 0 Å². The number of pyridine rings is 2. The van der Waals surface area contributed by atoms with Gasteiger partial charge in [-0.2, -0.15) is 5.26 Å². The van der Waals surface area contributed by atoms with Crippen LogP contribution in [0, 0.1) is 11.3 Å². The van der Waals surface area contributed by atoms with Gasteiger partial charge in [0.2, 0.25) is 11.8 Å². The minimum absolute atomic E-state index is 0.0861. The van der Waals surface area contributed by atoms with Crippen molar-refractivity contribution in [2.75, 3.05) is 16.8 Å². The van der Waals surface area contributed by atoms with Crippen LogP contribution in [0.15, 0.2) is 54.9 Å². The maximum Gasteiger partial charge on any atom is 0.256 e. The van der Waals surface area contributed by atoms with Crippen molar-refractivity contribution < 1.29 is 18.4 Å². The third kappa shape index (κ3) is 6.30. The molecule has 0 bridgehead atoms. The first-order valence-corrected chi connectivity index (χ1v) is 10.1. The Balaban J connectivity index is 1.69. The molecule has 1 N–H and O–H groups in total. The van der Waals surface area contributed by atoms with E-state index in [1.54, 1.807) is 30.3 Å². The summed E-state index contributed by atoms with van der Waals surface area (Å²) in [4.78, 5) is 33.1. The van der Waals surface area contributed by atoms with Gasteiger partial charge in [-0.25, -0.2) is 13.8 Å². The summed E-state index contributed by atoms with van der Waals surface area (Å²) >= 11 is 6.25. The molecule has 0 fully saturated rings. The number of carbonyl (C=O) groups is 2. The van der Waals surface area contributed by atoms with E-state index < -0.39 is 18.9 Å². The maximum absolute atomic E-state index is 12.8. The molecule has 1 aromatic carbocycles. The molecule has 3 rings (SSSR count). The number of hydrogen-bond acceptors (Lipinski definition) is 5. The molecule has 0 aliphatic rings. The highest BCUT2D eigenvalue weighted by Gasteiger charge is 2.19. The van der Waals surface area contributed by atoms with Gasteiger partial charge in [-0.15, -0.1) is 0 Å². The molecule has 2 aromatic heterocycles. The minimum atomic E-state index is -2.69. The molecule has 0 unspecified atom stereocenters. The first-order chi connectivity index (χ1) is 15.8. The molecule has 33 heavy (non-hydrogen) atoms. The zero-order valence-corrected chi connectivity index (χ0v) is 18.2. The number of alkyl halides is 2. The second-order valence-electron chi connectivity index (χ2n) is 7.01. The van der Waals surface area contributed by atoms with Crippen molar-refractivity contribution in [3.8, 4) is 17.3 Å². The van der Waals surface area contributed by atoms with Gasteiger partial charge in [0, 0.05) is 18.7 Å². The summed E-state index contributed by atoms with van der Waals surface area (Å²) < 4.78 is 25.6. The Morgan fingerprint density at radius 1 is 1.15 bits per heavy atom. The van der Waals surface area contributed by atoms with Crippen LogP contribution in [0.3, 0.4) is 0 Å². The molecule has 0 spiro atoms. The first-order valence-electron chi connectivity index (χ1n) is 9.74. The lowest BCUT2D eigenvalue weighted by Crippen LogP contribution is -2.33. The fraction of sp³-hybridized carbons (Fsp3) is 0.174. The van der Waals surface area contributed by atoms with Crippen molar-refractivity contribution in [3.63, 3.8) is 0 Å². The Bertz CT molecular complexity index is 1190. The zero-order valence-electron chi connectivity index (χ0n) is 17.4. The quantitative estimate of drug-likeness (QED) is 0.550. The van der Waals surface area contributed by atoms with E-state index in [9.17, 15) is 18.4 Å². The van der Waals surface area contributed by atoms with Gasteiger partial charge in [0.05, 0.1) is 41.3 Å². The molecule has 0 aliphatic heterocycles. The smallest absolute Gasteiger partial charge is 0.256 e. The lowest BCUT2D eigenvalue weighted by atomic mass is 10.1. The van der Waals surface area contributed by atoms with Crippen LogP contribution in [0.25, 0.3) is 11.3 Å². The number of halogens is 3. The number of hydrogen-bond donors (Lipinski definition) is 1. The van der Waals surface area contributed by atoms with Crippen LogP contribution in [-0.2, 0) is 16.0 Å². The SMILES string of the molecule is CC(=O)N(CC(F)F)c1ccc(-c2ccc(NC(=O)Cc3ccc(C#N)nc3)cn2)cc1Cl. The van der Waals surface area contributed by atoms with Gasteiger partial charge in [-0.3, -0.25) is 14.6 Å². The van der Waals surface area contributed by atoms with Gasteiger partial charge >= 0.3 is 0 Å². The average Bonchev–Trinajstić information content (AvgIpc) is 2.78. The van der Waals surface area contributed by atoms with Crippen LogP contribution in [0.4, 0.5) is 20.2 Å². The molecule has 0 saturated carbocycles. The highest BCUT2D eigenvalue weighted by Crippen LogP contribution is 2.31. The fourth-order valence-electron chi connectivity index (χ4n) is 3.04. The van der Waals surface area contributed by atoms with Crippen molar-refractivity contribution in [3.05, 3.63) is 71.1 Å². The summed E-state index contributed by atoms with van der Waals surface area (Å²) in [5, 5.41) is 11.6. The topological polar surface area (TPSA) is 99.0 Å². The number of nitriles is 1. The van der Waals surface area contributed by atoms with Crippen LogP contribution in [-0.4, -0.2) is 34.8 Å². The second-order valence-corrected chi connectivity index (χ2v) is 7.41. The molecular formula is C23H18ClF2N5O2. The van der Waals surface area contributed by atoms with E-state index in [1.165, 1.54) is 31.5 Å². The standard InChI is InChI=1S/C23H18ClF2N5O2/c1-14(32)31(13-22(25)26)21-7-3-16(9-19(21)24)20-6-5-18(12-29-20)30-23(33)8-15-2-4-17(10-27)28-11-15/h2-7,9,11-12,22H,8,13H2,1H3,(H,30,33). The van der Waals surface area contributed by atoms with Gasteiger partial charge in [-0.05, 0) is 35.9 Å². The summed E-state index contributed by atoms with van der Waals surface area (Å²) in [6.45, 7) is 0.443. The Morgan fingerprint density at radius 3 is 2.48 bits per heavy atom. The van der Waals surface area contributed by atoms with Gasteiger partial charge < -0.3 is 10.2 Å². The predicted octanol–water partition coefficient (Wildman–Crippen LogP) is 4.47. The molecule has 0 aliphatic carbocycles. The van der Waals surface area contributed by atoms with E-state index in [2.05, 4.69) is 15.3 Å². The van der Waals surface area contributed by atoms with E-state index in [1.807, 2.05) is 6.07 Å². The number of benzene rings is 1. The van der Waals surface area contributed by atoms with Crippen molar-refractivity contribution in [1.82, 2.24) is 9.97 Å². The lowest BCUT2D eigenvalue weighted by Gasteiger charge is -2.22. The number of rotatable bonds is 7. The molecular weight excluding hydrogens is 452 g/mol. The number of nitrogens with zero attached hydrogens (tertiary/aromatic N) is 4. The first kappa shape index (κ1) is 23.8. The molecule has 168 valence electrons. The Morgan fingerprint density at radius 2 is 1.94 bits per heavy atom. The van der Waals surface area contributed by atoms with Gasteiger partial charge in [0.1, 0.15) is 11.8 Å². The van der Waals surface area contributed by atoms with Crippen LogP contribution in [0.2, 0.25) is 5.02 Å². The molecule has 7 nitrogen and oxygen atoms in total. The summed E-state index contributed by atoms with van der Waals surface area (Å²) in [6, 6.07) is 13.1. The van der Waals surface area contributed by atoms with Crippen molar-refractivity contribution in [2.24, 2.45) is 0 Å². The second kappa shape index (κ2) is 10.6. The summed E-state index contributed by atoms with van der Waals surface area (Å²) in [5.41, 5.74) is 2.77. The Kier molecular flexibility index (Phi) is 7.64. The van der Waals surface area contributed by atoms with Crippen LogP contribution in [0.1, 0.15) is 18.2 Å². The fourth-order valence-corrected chi connectivity index (χ4v) is 3.33. The summed E-state index contributed by atoms with van der Waals surface area (Å²) in [7, 11) is 0. The number of amides is 2. The predicted molar refractivity (Wildman–Crippen MR) is 120 cm³/mol.